The van der Waals surface area contributed by atoms with Crippen LogP contribution in [-0.4, -0.2) is 60.0 Å². The molecule has 0 spiro atoms. The van der Waals surface area contributed by atoms with Crippen LogP contribution in [0.5, 0.6) is 0 Å². The van der Waals surface area contributed by atoms with Gasteiger partial charge < -0.3 is 5.11 Å². The Labute approximate surface area is 118 Å². The maximum absolute atomic E-state index is 11.5. The molecule has 0 bridgehead atoms. The van der Waals surface area contributed by atoms with E-state index in [-0.39, 0.29) is 24.1 Å². The highest BCUT2D eigenvalue weighted by molar-refractivity contribution is 7.91. The van der Waals surface area contributed by atoms with Crippen molar-refractivity contribution in [3.05, 3.63) is 30.1 Å². The summed E-state index contributed by atoms with van der Waals surface area (Å²) in [6.07, 6.45) is 4.59. The minimum Gasteiger partial charge on any atom is -0.480 e. The number of sulfone groups is 1. The van der Waals surface area contributed by atoms with Gasteiger partial charge in [0.15, 0.2) is 9.84 Å². The molecule has 2 heterocycles. The molecule has 1 aromatic heterocycles. The van der Waals surface area contributed by atoms with Crippen molar-refractivity contribution >= 4 is 15.8 Å². The molecule has 1 aliphatic rings. The highest BCUT2D eigenvalue weighted by atomic mass is 32.2. The second kappa shape index (κ2) is 6.32. The van der Waals surface area contributed by atoms with Gasteiger partial charge in [-0.05, 0) is 30.5 Å². The molecule has 20 heavy (non-hydrogen) atoms. The van der Waals surface area contributed by atoms with Crippen molar-refractivity contribution < 1.29 is 18.3 Å². The van der Waals surface area contributed by atoms with Crippen LogP contribution in [0.15, 0.2) is 24.5 Å². The van der Waals surface area contributed by atoms with Crippen molar-refractivity contribution in [3.63, 3.8) is 0 Å². The van der Waals surface area contributed by atoms with Crippen molar-refractivity contribution in [3.8, 4) is 0 Å². The van der Waals surface area contributed by atoms with E-state index in [1.54, 1.807) is 17.3 Å². The largest absolute Gasteiger partial charge is 0.480 e. The third-order valence-electron chi connectivity index (χ3n) is 3.50. The summed E-state index contributed by atoms with van der Waals surface area (Å²) in [4.78, 5) is 16.6. The Bertz CT molecular complexity index is 559. The first kappa shape index (κ1) is 14.9. The van der Waals surface area contributed by atoms with Crippen molar-refractivity contribution in [2.24, 2.45) is 0 Å². The Morgan fingerprint density at radius 1 is 1.40 bits per heavy atom. The van der Waals surface area contributed by atoms with E-state index >= 15 is 0 Å². The molecule has 110 valence electrons. The molecule has 6 nitrogen and oxygen atoms in total. The topological polar surface area (TPSA) is 87.6 Å². The van der Waals surface area contributed by atoms with Crippen LogP contribution in [-0.2, 0) is 21.1 Å². The molecule has 1 fully saturated rings. The Kier molecular flexibility index (Phi) is 4.72. The lowest BCUT2D eigenvalue weighted by Gasteiger charge is -2.26. The Morgan fingerprint density at radius 3 is 2.65 bits per heavy atom. The zero-order valence-electron chi connectivity index (χ0n) is 11.1. The summed E-state index contributed by atoms with van der Waals surface area (Å²) in [5.74, 6) is -0.705. The average Bonchev–Trinajstić information content (AvgIpc) is 2.76. The minimum absolute atomic E-state index is 0.0661. The van der Waals surface area contributed by atoms with Crippen LogP contribution in [0.4, 0.5) is 0 Å². The SMILES string of the molecule is O=C(O)CN(CCc1ccncc1)C1CCS(=O)(=O)C1. The van der Waals surface area contributed by atoms with Crippen molar-refractivity contribution in [2.75, 3.05) is 24.6 Å². The number of rotatable bonds is 6. The van der Waals surface area contributed by atoms with Crippen molar-refractivity contribution in [1.29, 1.82) is 0 Å². The zero-order chi connectivity index (χ0) is 14.6. The molecule has 0 amide bonds. The van der Waals surface area contributed by atoms with Gasteiger partial charge in [-0.3, -0.25) is 14.7 Å². The van der Waals surface area contributed by atoms with E-state index < -0.39 is 15.8 Å². The van der Waals surface area contributed by atoms with Gasteiger partial charge in [0.05, 0.1) is 18.1 Å². The van der Waals surface area contributed by atoms with Gasteiger partial charge in [-0.2, -0.15) is 0 Å². The number of carboxylic acids is 1. The van der Waals surface area contributed by atoms with E-state index in [4.69, 9.17) is 5.11 Å². The molecule has 1 atom stereocenters. The lowest BCUT2D eigenvalue weighted by molar-refractivity contribution is -0.138. The van der Waals surface area contributed by atoms with Crippen LogP contribution in [0.1, 0.15) is 12.0 Å². The van der Waals surface area contributed by atoms with Gasteiger partial charge in [0.1, 0.15) is 0 Å². The molecule has 7 heteroatoms. The third kappa shape index (κ3) is 4.28. The number of carboxylic acid groups (broad SMARTS) is 1. The molecule has 0 radical (unpaired) electrons. The van der Waals surface area contributed by atoms with E-state index in [1.807, 2.05) is 12.1 Å². The summed E-state index contributed by atoms with van der Waals surface area (Å²) in [5.41, 5.74) is 1.07. The second-order valence-electron chi connectivity index (χ2n) is 5.03. The van der Waals surface area contributed by atoms with E-state index in [2.05, 4.69) is 4.98 Å². The molecule has 0 saturated carbocycles. The lowest BCUT2D eigenvalue weighted by Crippen LogP contribution is -2.41. The number of hydrogen-bond acceptors (Lipinski definition) is 5. The summed E-state index contributed by atoms with van der Waals surface area (Å²) in [7, 11) is -3.00. The smallest absolute Gasteiger partial charge is 0.317 e. The molecule has 0 aliphatic carbocycles. The van der Waals surface area contributed by atoms with Gasteiger partial charge in [-0.1, -0.05) is 0 Å². The van der Waals surface area contributed by atoms with E-state index in [0.717, 1.165) is 5.56 Å². The van der Waals surface area contributed by atoms with E-state index in [9.17, 15) is 13.2 Å². The van der Waals surface area contributed by atoms with Crippen LogP contribution >= 0.6 is 0 Å². The van der Waals surface area contributed by atoms with E-state index in [1.165, 1.54) is 0 Å². The van der Waals surface area contributed by atoms with Gasteiger partial charge in [0, 0.05) is 25.0 Å². The zero-order valence-corrected chi connectivity index (χ0v) is 11.9. The van der Waals surface area contributed by atoms with Gasteiger partial charge in [0.2, 0.25) is 0 Å². The predicted octanol–water partition coefficient (Wildman–Crippen LogP) is 0.198. The standard InChI is InChI=1S/C13H18N2O4S/c16-13(17)9-15(12-4-8-20(18,19)10-12)7-3-11-1-5-14-6-2-11/h1-2,5-6,12H,3-4,7-10H2,(H,16,17). The maximum atomic E-state index is 11.5. The molecular formula is C13H18N2O4S. The molecule has 1 saturated heterocycles. The van der Waals surface area contributed by atoms with Crippen LogP contribution in [0.25, 0.3) is 0 Å². The quantitative estimate of drug-likeness (QED) is 0.807. The van der Waals surface area contributed by atoms with Crippen LogP contribution in [0, 0.1) is 0 Å². The monoisotopic (exact) mass is 298 g/mol. The normalized spacial score (nSPS) is 21.1. The molecule has 1 unspecified atom stereocenters. The summed E-state index contributed by atoms with van der Waals surface area (Å²) in [6.45, 7) is 0.418. The summed E-state index contributed by atoms with van der Waals surface area (Å²) >= 11 is 0. The van der Waals surface area contributed by atoms with Crippen molar-refractivity contribution in [2.45, 2.75) is 18.9 Å². The lowest BCUT2D eigenvalue weighted by atomic mass is 10.1. The number of carbonyl (C=O) groups is 1. The average molecular weight is 298 g/mol. The number of nitrogens with zero attached hydrogens (tertiary/aromatic N) is 2. The highest BCUT2D eigenvalue weighted by Crippen LogP contribution is 2.18. The fourth-order valence-electron chi connectivity index (χ4n) is 2.45. The van der Waals surface area contributed by atoms with Crippen LogP contribution in [0.2, 0.25) is 0 Å². The third-order valence-corrected chi connectivity index (χ3v) is 5.25. The van der Waals surface area contributed by atoms with Crippen LogP contribution in [0.3, 0.4) is 0 Å². The Morgan fingerprint density at radius 2 is 2.10 bits per heavy atom. The van der Waals surface area contributed by atoms with Crippen LogP contribution < -0.4 is 0 Å². The molecule has 0 aromatic carbocycles. The first-order valence-corrected chi connectivity index (χ1v) is 8.33. The Balaban J connectivity index is 1.99. The van der Waals surface area contributed by atoms with E-state index in [0.29, 0.717) is 19.4 Å². The first-order valence-electron chi connectivity index (χ1n) is 6.51. The maximum Gasteiger partial charge on any atom is 0.317 e. The minimum atomic E-state index is -3.00. The number of aliphatic carboxylic acids is 1. The second-order valence-corrected chi connectivity index (χ2v) is 7.26. The van der Waals surface area contributed by atoms with Gasteiger partial charge in [-0.15, -0.1) is 0 Å². The summed E-state index contributed by atoms with van der Waals surface area (Å²) in [6, 6.07) is 3.58. The highest BCUT2D eigenvalue weighted by Gasteiger charge is 2.32. The fourth-order valence-corrected chi connectivity index (χ4v) is 4.21. The molecule has 1 aromatic rings. The fraction of sp³-hybridized carbons (Fsp3) is 0.538. The first-order chi connectivity index (χ1) is 9.46. The van der Waals surface area contributed by atoms with Crippen molar-refractivity contribution in [1.82, 2.24) is 9.88 Å². The van der Waals surface area contributed by atoms with Gasteiger partial charge >= 0.3 is 5.97 Å². The molecule has 1 N–H and O–H groups in total. The number of aromatic nitrogens is 1. The number of pyridine rings is 1. The van der Waals surface area contributed by atoms with Gasteiger partial charge in [-0.25, -0.2) is 8.42 Å². The Hall–Kier alpha value is -1.47. The summed E-state index contributed by atoms with van der Waals surface area (Å²) in [5, 5.41) is 8.97. The molecular weight excluding hydrogens is 280 g/mol. The number of hydrogen-bond donors (Lipinski definition) is 1. The predicted molar refractivity (Wildman–Crippen MR) is 74.2 cm³/mol. The van der Waals surface area contributed by atoms with Gasteiger partial charge in [0.25, 0.3) is 0 Å². The summed E-state index contributed by atoms with van der Waals surface area (Å²) < 4.78 is 23.0. The molecule has 2 rings (SSSR count). The molecule has 1 aliphatic heterocycles.